The Morgan fingerprint density at radius 2 is 2.00 bits per heavy atom. The van der Waals surface area contributed by atoms with Gasteiger partial charge in [0.05, 0.1) is 26.9 Å². The molecule has 2 aromatic rings. The second-order valence-electron chi connectivity index (χ2n) is 3.97. The molecular formula is C14H9Cl2N3O. The molecule has 0 saturated carbocycles. The van der Waals surface area contributed by atoms with Crippen LogP contribution in [-0.4, -0.2) is 5.91 Å². The number of nitrogens with two attached hydrogens (primary N) is 1. The number of hydrogen-bond donors (Lipinski definition) is 2. The van der Waals surface area contributed by atoms with Gasteiger partial charge in [-0.25, -0.2) is 0 Å². The molecule has 0 aliphatic rings. The lowest BCUT2D eigenvalue weighted by molar-refractivity contribution is 0.102. The van der Waals surface area contributed by atoms with E-state index in [4.69, 9.17) is 34.2 Å². The zero-order valence-electron chi connectivity index (χ0n) is 10.2. The summed E-state index contributed by atoms with van der Waals surface area (Å²) in [6.07, 6.45) is 0. The van der Waals surface area contributed by atoms with E-state index in [0.717, 1.165) is 0 Å². The molecule has 0 fully saturated rings. The highest BCUT2D eigenvalue weighted by atomic mass is 35.5. The third-order valence-electron chi connectivity index (χ3n) is 2.62. The van der Waals surface area contributed by atoms with E-state index in [1.165, 1.54) is 12.1 Å². The van der Waals surface area contributed by atoms with Crippen LogP contribution in [0.3, 0.4) is 0 Å². The summed E-state index contributed by atoms with van der Waals surface area (Å²) in [6.45, 7) is 0. The summed E-state index contributed by atoms with van der Waals surface area (Å²) in [7, 11) is 0. The zero-order valence-corrected chi connectivity index (χ0v) is 11.7. The molecule has 100 valence electrons. The van der Waals surface area contributed by atoms with Gasteiger partial charge in [-0.05, 0) is 30.3 Å². The Bertz CT molecular complexity index is 723. The number of nitriles is 1. The van der Waals surface area contributed by atoms with Gasteiger partial charge in [0.1, 0.15) is 6.07 Å². The van der Waals surface area contributed by atoms with Gasteiger partial charge in [0.15, 0.2) is 0 Å². The van der Waals surface area contributed by atoms with E-state index < -0.39 is 5.91 Å². The molecule has 3 N–H and O–H groups in total. The van der Waals surface area contributed by atoms with Crippen molar-refractivity contribution in [3.8, 4) is 6.07 Å². The zero-order chi connectivity index (χ0) is 14.7. The van der Waals surface area contributed by atoms with Gasteiger partial charge in [-0.15, -0.1) is 0 Å². The fourth-order valence-corrected chi connectivity index (χ4v) is 1.98. The number of nitrogens with one attached hydrogen (secondary N) is 1. The number of rotatable bonds is 2. The monoisotopic (exact) mass is 305 g/mol. The molecule has 2 aromatic carbocycles. The molecule has 20 heavy (non-hydrogen) atoms. The predicted octanol–water partition coefficient (Wildman–Crippen LogP) is 3.70. The first-order valence-corrected chi connectivity index (χ1v) is 6.33. The topological polar surface area (TPSA) is 78.9 Å². The van der Waals surface area contributed by atoms with Crippen LogP contribution in [-0.2, 0) is 0 Å². The summed E-state index contributed by atoms with van der Waals surface area (Å²) < 4.78 is 0. The minimum Gasteiger partial charge on any atom is -0.398 e. The van der Waals surface area contributed by atoms with E-state index >= 15 is 0 Å². The Labute approximate surface area is 125 Å². The lowest BCUT2D eigenvalue weighted by Crippen LogP contribution is -2.13. The highest BCUT2D eigenvalue weighted by Gasteiger charge is 2.13. The Kier molecular flexibility index (Phi) is 4.14. The van der Waals surface area contributed by atoms with Crippen LogP contribution >= 0.6 is 23.2 Å². The summed E-state index contributed by atoms with van der Waals surface area (Å²) in [6, 6.07) is 11.4. The summed E-state index contributed by atoms with van der Waals surface area (Å²) in [5.41, 5.74) is 6.97. The maximum absolute atomic E-state index is 12.1. The van der Waals surface area contributed by atoms with Crippen molar-refractivity contribution in [3.05, 3.63) is 57.6 Å². The minimum atomic E-state index is -0.409. The summed E-state index contributed by atoms with van der Waals surface area (Å²) in [4.78, 5) is 12.1. The Morgan fingerprint density at radius 1 is 1.25 bits per heavy atom. The van der Waals surface area contributed by atoms with Crippen LogP contribution in [0.5, 0.6) is 0 Å². The van der Waals surface area contributed by atoms with Gasteiger partial charge in [-0.2, -0.15) is 5.26 Å². The van der Waals surface area contributed by atoms with Crippen LogP contribution < -0.4 is 11.1 Å². The molecule has 1 amide bonds. The number of benzene rings is 2. The van der Waals surface area contributed by atoms with Crippen LogP contribution in [0, 0.1) is 11.3 Å². The molecule has 0 aromatic heterocycles. The highest BCUT2D eigenvalue weighted by Crippen LogP contribution is 2.25. The van der Waals surface area contributed by atoms with Crippen LogP contribution in [0.4, 0.5) is 11.4 Å². The number of amides is 1. The Hall–Kier alpha value is -2.22. The number of hydrogen-bond acceptors (Lipinski definition) is 3. The quantitative estimate of drug-likeness (QED) is 0.830. The number of halogens is 2. The number of carbonyl (C=O) groups excluding carboxylic acids is 1. The van der Waals surface area contributed by atoms with Gasteiger partial charge >= 0.3 is 0 Å². The predicted molar refractivity (Wildman–Crippen MR) is 80.0 cm³/mol. The summed E-state index contributed by atoms with van der Waals surface area (Å²) in [5, 5.41) is 12.0. The van der Waals surface area contributed by atoms with Gasteiger partial charge < -0.3 is 11.1 Å². The average molecular weight is 306 g/mol. The lowest BCUT2D eigenvalue weighted by atomic mass is 10.1. The average Bonchev–Trinajstić information content (AvgIpc) is 2.43. The third-order valence-corrected chi connectivity index (χ3v) is 3.37. The first-order chi connectivity index (χ1) is 9.52. The molecule has 0 aliphatic heterocycles. The SMILES string of the molecule is N#Cc1cc(NC(=O)c2cccc(N)c2Cl)ccc1Cl. The van der Waals surface area contributed by atoms with Gasteiger partial charge in [-0.1, -0.05) is 29.3 Å². The number of nitrogen functional groups attached to an aromatic ring is 1. The van der Waals surface area contributed by atoms with E-state index in [-0.39, 0.29) is 16.1 Å². The normalized spacial score (nSPS) is 9.85. The van der Waals surface area contributed by atoms with Crippen molar-refractivity contribution in [3.63, 3.8) is 0 Å². The fourth-order valence-electron chi connectivity index (χ4n) is 1.61. The molecule has 0 saturated heterocycles. The first-order valence-electron chi connectivity index (χ1n) is 5.58. The van der Waals surface area contributed by atoms with Crippen molar-refractivity contribution >= 4 is 40.5 Å². The highest BCUT2D eigenvalue weighted by molar-refractivity contribution is 6.36. The summed E-state index contributed by atoms with van der Waals surface area (Å²) >= 11 is 11.8. The molecule has 2 rings (SSSR count). The van der Waals surface area contributed by atoms with E-state index in [9.17, 15) is 4.79 Å². The van der Waals surface area contributed by atoms with Crippen LogP contribution in [0.1, 0.15) is 15.9 Å². The van der Waals surface area contributed by atoms with Crippen molar-refractivity contribution in [1.82, 2.24) is 0 Å². The van der Waals surface area contributed by atoms with Crippen molar-refractivity contribution in [2.45, 2.75) is 0 Å². The van der Waals surface area contributed by atoms with Crippen molar-refractivity contribution in [1.29, 1.82) is 5.26 Å². The smallest absolute Gasteiger partial charge is 0.257 e. The minimum absolute atomic E-state index is 0.194. The molecule has 0 atom stereocenters. The van der Waals surface area contributed by atoms with E-state index in [1.54, 1.807) is 24.3 Å². The second-order valence-corrected chi connectivity index (χ2v) is 4.75. The molecule has 0 heterocycles. The molecule has 0 spiro atoms. The van der Waals surface area contributed by atoms with Crippen molar-refractivity contribution in [2.24, 2.45) is 0 Å². The third kappa shape index (κ3) is 2.85. The number of carbonyl (C=O) groups is 1. The molecule has 0 radical (unpaired) electrons. The summed E-state index contributed by atoms with van der Waals surface area (Å²) in [5.74, 6) is -0.409. The molecule has 0 unspecified atom stereocenters. The molecule has 0 bridgehead atoms. The van der Waals surface area contributed by atoms with Gasteiger partial charge in [-0.3, -0.25) is 4.79 Å². The number of nitrogens with zero attached hydrogens (tertiary/aromatic N) is 1. The van der Waals surface area contributed by atoms with Crippen molar-refractivity contribution in [2.75, 3.05) is 11.1 Å². The maximum Gasteiger partial charge on any atom is 0.257 e. The first kappa shape index (κ1) is 14.2. The fraction of sp³-hybridized carbons (Fsp3) is 0. The molecule has 6 heteroatoms. The van der Waals surface area contributed by atoms with Crippen molar-refractivity contribution < 1.29 is 4.79 Å². The second kappa shape index (κ2) is 5.83. The molecule has 0 aliphatic carbocycles. The number of anilines is 2. The van der Waals surface area contributed by atoms with Gasteiger partial charge in [0.2, 0.25) is 0 Å². The lowest BCUT2D eigenvalue weighted by Gasteiger charge is -2.08. The van der Waals surface area contributed by atoms with Crippen LogP contribution in [0.2, 0.25) is 10.0 Å². The molecule has 4 nitrogen and oxygen atoms in total. The van der Waals surface area contributed by atoms with E-state index in [2.05, 4.69) is 5.32 Å². The van der Waals surface area contributed by atoms with E-state index in [1.807, 2.05) is 6.07 Å². The largest absolute Gasteiger partial charge is 0.398 e. The van der Waals surface area contributed by atoms with Crippen LogP contribution in [0.15, 0.2) is 36.4 Å². The maximum atomic E-state index is 12.1. The van der Waals surface area contributed by atoms with Gasteiger partial charge in [0.25, 0.3) is 5.91 Å². The Balaban J connectivity index is 2.29. The van der Waals surface area contributed by atoms with Gasteiger partial charge in [0, 0.05) is 5.69 Å². The molecular weight excluding hydrogens is 297 g/mol. The van der Waals surface area contributed by atoms with E-state index in [0.29, 0.717) is 16.4 Å². The van der Waals surface area contributed by atoms with Crippen LogP contribution in [0.25, 0.3) is 0 Å². The Morgan fingerprint density at radius 3 is 2.70 bits per heavy atom. The standard InChI is InChI=1S/C14H9Cl2N3O/c15-11-5-4-9(6-8(11)7-17)19-14(20)10-2-1-3-12(18)13(10)16/h1-6H,18H2,(H,19,20).